The molecule has 1 saturated carbocycles. The Labute approximate surface area is 169 Å². The topological polar surface area (TPSA) is 37.2 Å². The van der Waals surface area contributed by atoms with E-state index in [4.69, 9.17) is 4.74 Å². The highest BCUT2D eigenvalue weighted by Gasteiger charge is 2.51. The molecule has 3 fully saturated rings. The highest BCUT2D eigenvalue weighted by molar-refractivity contribution is 5.78. The number of quaternary nitrogens is 1. The van der Waals surface area contributed by atoms with Gasteiger partial charge in [0.1, 0.15) is 5.75 Å². The second-order valence-corrected chi connectivity index (χ2v) is 10.3. The lowest BCUT2D eigenvalue weighted by Gasteiger charge is -2.39. The molecule has 28 heavy (non-hydrogen) atoms. The molecule has 2 aliphatic heterocycles. The van der Waals surface area contributed by atoms with Crippen molar-refractivity contribution in [3.05, 3.63) is 24.3 Å². The quantitative estimate of drug-likeness (QED) is 0.858. The van der Waals surface area contributed by atoms with Gasteiger partial charge in [-0.05, 0) is 54.4 Å². The third kappa shape index (κ3) is 4.00. The highest BCUT2D eigenvalue weighted by atomic mass is 16.5. The van der Waals surface area contributed by atoms with Gasteiger partial charge < -0.3 is 19.4 Å². The Bertz CT molecular complexity index is 709. The van der Waals surface area contributed by atoms with Crippen molar-refractivity contribution < 1.29 is 14.4 Å². The second-order valence-electron chi connectivity index (χ2n) is 10.3. The third-order valence-electron chi connectivity index (χ3n) is 7.04. The minimum Gasteiger partial charge on any atom is -0.497 e. The van der Waals surface area contributed by atoms with Crippen LogP contribution in [0.3, 0.4) is 0 Å². The molecule has 2 bridgehead atoms. The summed E-state index contributed by atoms with van der Waals surface area (Å²) < 4.78 is 5.25. The number of fused-ring (bicyclic) bond motifs is 2. The molecule has 2 heterocycles. The molecule has 5 nitrogen and oxygen atoms in total. The standard InChI is InChI=1S/C23H35N3O2/c1-22(2)13-19-14-23(3,16-22)17-26(19)21(27)15-24-9-11-25(12-10-24)18-5-7-20(28-4)8-6-18/h5-8,19H,9-17H2,1-4H3/p+1/t19-,23-/m1/s1. The number of carbonyl (C=O) groups is 1. The van der Waals surface area contributed by atoms with Gasteiger partial charge in [0, 0.05) is 18.3 Å². The fraction of sp³-hybridized carbons (Fsp3) is 0.696. The van der Waals surface area contributed by atoms with Gasteiger partial charge in [-0.25, -0.2) is 0 Å². The summed E-state index contributed by atoms with van der Waals surface area (Å²) in [6.45, 7) is 12.8. The second kappa shape index (κ2) is 7.25. The van der Waals surface area contributed by atoms with Crippen LogP contribution in [0.5, 0.6) is 5.75 Å². The zero-order valence-corrected chi connectivity index (χ0v) is 18.0. The molecule has 1 N–H and O–H groups in total. The molecule has 2 saturated heterocycles. The number of hydrogen-bond acceptors (Lipinski definition) is 3. The molecule has 3 aliphatic rings. The number of benzene rings is 1. The number of amides is 1. The van der Waals surface area contributed by atoms with Gasteiger partial charge in [-0.3, -0.25) is 4.79 Å². The largest absolute Gasteiger partial charge is 0.497 e. The summed E-state index contributed by atoms with van der Waals surface area (Å²) in [7, 11) is 1.70. The van der Waals surface area contributed by atoms with Crippen LogP contribution in [0.1, 0.15) is 40.0 Å². The molecular formula is C23H36N3O2+. The van der Waals surface area contributed by atoms with E-state index in [1.54, 1.807) is 7.11 Å². The number of likely N-dealkylation sites (tertiary alicyclic amines) is 1. The summed E-state index contributed by atoms with van der Waals surface area (Å²) in [6, 6.07) is 8.75. The van der Waals surface area contributed by atoms with Crippen LogP contribution >= 0.6 is 0 Å². The van der Waals surface area contributed by atoms with Gasteiger partial charge in [0.2, 0.25) is 0 Å². The molecule has 2 atom stereocenters. The first-order chi connectivity index (χ1) is 13.3. The maximum atomic E-state index is 13.1. The van der Waals surface area contributed by atoms with Gasteiger partial charge in [0.15, 0.2) is 6.54 Å². The minimum absolute atomic E-state index is 0.324. The lowest BCUT2D eigenvalue weighted by molar-refractivity contribution is -0.892. The Kier molecular flexibility index (Phi) is 5.07. The Morgan fingerprint density at radius 2 is 1.82 bits per heavy atom. The molecule has 4 rings (SSSR count). The molecular weight excluding hydrogens is 350 g/mol. The predicted molar refractivity (Wildman–Crippen MR) is 112 cm³/mol. The van der Waals surface area contributed by atoms with Gasteiger partial charge in [-0.2, -0.15) is 0 Å². The molecule has 1 amide bonds. The summed E-state index contributed by atoms with van der Waals surface area (Å²) in [5.74, 6) is 1.27. The van der Waals surface area contributed by atoms with E-state index in [-0.39, 0.29) is 0 Å². The van der Waals surface area contributed by atoms with Crippen molar-refractivity contribution in [2.75, 3.05) is 51.3 Å². The normalized spacial score (nSPS) is 29.8. The van der Waals surface area contributed by atoms with E-state index in [1.165, 1.54) is 23.4 Å². The molecule has 0 radical (unpaired) electrons. The first-order valence-corrected chi connectivity index (χ1v) is 10.8. The van der Waals surface area contributed by atoms with Crippen molar-refractivity contribution in [3.63, 3.8) is 0 Å². The average molecular weight is 387 g/mol. The molecule has 1 aromatic rings. The molecule has 154 valence electrons. The van der Waals surface area contributed by atoms with Gasteiger partial charge in [-0.15, -0.1) is 0 Å². The lowest BCUT2D eigenvalue weighted by atomic mass is 9.65. The van der Waals surface area contributed by atoms with E-state index in [9.17, 15) is 4.79 Å². The van der Waals surface area contributed by atoms with Crippen molar-refractivity contribution in [3.8, 4) is 5.75 Å². The van der Waals surface area contributed by atoms with Crippen molar-refractivity contribution in [2.24, 2.45) is 10.8 Å². The summed E-state index contributed by atoms with van der Waals surface area (Å²) in [5.41, 5.74) is 1.93. The Balaban J connectivity index is 1.31. The summed E-state index contributed by atoms with van der Waals surface area (Å²) in [4.78, 5) is 19.2. The number of hydrogen-bond donors (Lipinski definition) is 1. The molecule has 1 aliphatic carbocycles. The lowest BCUT2D eigenvalue weighted by Crippen LogP contribution is -3.16. The van der Waals surface area contributed by atoms with Crippen molar-refractivity contribution in [1.82, 2.24) is 4.90 Å². The van der Waals surface area contributed by atoms with E-state index in [0.717, 1.165) is 44.9 Å². The number of methoxy groups -OCH3 is 1. The van der Waals surface area contributed by atoms with Gasteiger partial charge in [-0.1, -0.05) is 20.8 Å². The Morgan fingerprint density at radius 3 is 2.46 bits per heavy atom. The number of ether oxygens (including phenoxy) is 1. The fourth-order valence-corrected chi connectivity index (χ4v) is 6.12. The van der Waals surface area contributed by atoms with E-state index >= 15 is 0 Å². The molecule has 0 aromatic heterocycles. The van der Waals surface area contributed by atoms with Gasteiger partial charge >= 0.3 is 0 Å². The fourth-order valence-electron chi connectivity index (χ4n) is 6.12. The maximum absolute atomic E-state index is 13.1. The summed E-state index contributed by atoms with van der Waals surface area (Å²) in [5, 5.41) is 0. The van der Waals surface area contributed by atoms with Crippen LogP contribution in [-0.2, 0) is 4.79 Å². The van der Waals surface area contributed by atoms with Crippen molar-refractivity contribution >= 4 is 11.6 Å². The van der Waals surface area contributed by atoms with Gasteiger partial charge in [0.05, 0.1) is 33.3 Å². The predicted octanol–water partition coefficient (Wildman–Crippen LogP) is 1.83. The average Bonchev–Trinajstić information content (AvgIpc) is 2.91. The number of anilines is 1. The van der Waals surface area contributed by atoms with Crippen LogP contribution in [0.15, 0.2) is 24.3 Å². The molecule has 0 unspecified atom stereocenters. The Hall–Kier alpha value is -1.75. The Morgan fingerprint density at radius 1 is 1.14 bits per heavy atom. The number of carbonyl (C=O) groups excluding carboxylic acids is 1. The van der Waals surface area contributed by atoms with E-state index < -0.39 is 0 Å². The smallest absolute Gasteiger partial charge is 0.278 e. The number of nitrogens with zero attached hydrogens (tertiary/aromatic N) is 2. The maximum Gasteiger partial charge on any atom is 0.278 e. The summed E-state index contributed by atoms with van der Waals surface area (Å²) in [6.07, 6.45) is 3.60. The van der Waals surface area contributed by atoms with E-state index in [0.29, 0.717) is 29.3 Å². The zero-order valence-electron chi connectivity index (χ0n) is 18.0. The number of piperazine rings is 1. The third-order valence-corrected chi connectivity index (χ3v) is 7.04. The van der Waals surface area contributed by atoms with Crippen LogP contribution in [0.4, 0.5) is 5.69 Å². The van der Waals surface area contributed by atoms with Crippen LogP contribution in [0.25, 0.3) is 0 Å². The van der Waals surface area contributed by atoms with E-state index in [2.05, 4.69) is 42.7 Å². The zero-order chi connectivity index (χ0) is 19.9. The summed E-state index contributed by atoms with van der Waals surface area (Å²) >= 11 is 0. The molecule has 1 aromatic carbocycles. The number of rotatable bonds is 4. The molecule has 5 heteroatoms. The first kappa shape index (κ1) is 19.6. The van der Waals surface area contributed by atoms with Crippen LogP contribution in [-0.4, -0.2) is 63.2 Å². The van der Waals surface area contributed by atoms with Crippen molar-refractivity contribution in [2.45, 2.75) is 46.1 Å². The SMILES string of the molecule is COc1ccc(N2CC[NH+](CC(=O)N3C[C@]4(C)C[C@H]3CC(C)(C)C4)CC2)cc1. The monoisotopic (exact) mass is 386 g/mol. The molecule has 0 spiro atoms. The number of nitrogens with one attached hydrogen (secondary N) is 1. The first-order valence-electron chi connectivity index (χ1n) is 10.8. The van der Waals surface area contributed by atoms with Crippen LogP contribution in [0, 0.1) is 10.8 Å². The van der Waals surface area contributed by atoms with Crippen LogP contribution < -0.4 is 14.5 Å². The highest BCUT2D eigenvalue weighted by Crippen LogP contribution is 2.52. The van der Waals surface area contributed by atoms with Crippen molar-refractivity contribution in [1.29, 1.82) is 0 Å². The minimum atomic E-state index is 0.324. The van der Waals surface area contributed by atoms with Gasteiger partial charge in [0.25, 0.3) is 5.91 Å². The van der Waals surface area contributed by atoms with E-state index in [1.807, 2.05) is 12.1 Å². The van der Waals surface area contributed by atoms with Crippen LogP contribution in [0.2, 0.25) is 0 Å².